The van der Waals surface area contributed by atoms with Crippen molar-refractivity contribution in [3.63, 3.8) is 0 Å². The number of ether oxygens (including phenoxy) is 1. The molecule has 0 atom stereocenters. The summed E-state index contributed by atoms with van der Waals surface area (Å²) in [6.07, 6.45) is 15.2. The predicted molar refractivity (Wildman–Crippen MR) is 122 cm³/mol. The molecule has 32 heavy (non-hydrogen) atoms. The molecule has 0 aliphatic rings. The Morgan fingerprint density at radius 1 is 0.812 bits per heavy atom. The molecule has 2 aromatic rings. The average molecular weight is 471 g/mol. The molecular formula is C25H35NaO5S. The molecule has 0 aliphatic carbocycles. The average Bonchev–Trinajstić information content (AvgIpc) is 2.73. The summed E-state index contributed by atoms with van der Waals surface area (Å²) in [5.74, 6) is 0.337. The van der Waals surface area contributed by atoms with Crippen molar-refractivity contribution in [3.8, 4) is 17.2 Å². The maximum atomic E-state index is 12.3. The third-order valence-electron chi connectivity index (χ3n) is 5.43. The summed E-state index contributed by atoms with van der Waals surface area (Å²) in [4.78, 5) is -0.218. The number of hydrogen-bond donors (Lipinski definition) is 1. The van der Waals surface area contributed by atoms with Crippen LogP contribution in [-0.2, 0) is 16.5 Å². The van der Waals surface area contributed by atoms with Crippen molar-refractivity contribution in [1.29, 1.82) is 0 Å². The Hall–Kier alpha value is -1.05. The van der Waals surface area contributed by atoms with Gasteiger partial charge in [-0.25, -0.2) is 0 Å². The van der Waals surface area contributed by atoms with Crippen LogP contribution in [0.1, 0.15) is 83.1 Å². The molecule has 0 aromatic heterocycles. The van der Waals surface area contributed by atoms with Gasteiger partial charge in [0.1, 0.15) is 11.5 Å². The van der Waals surface area contributed by atoms with Crippen LogP contribution in [0.5, 0.6) is 17.2 Å². The van der Waals surface area contributed by atoms with Crippen LogP contribution in [0.3, 0.4) is 0 Å². The van der Waals surface area contributed by atoms with E-state index in [0.717, 1.165) is 18.4 Å². The van der Waals surface area contributed by atoms with Crippen molar-refractivity contribution in [2.45, 2.75) is 88.9 Å². The molecule has 0 fully saturated rings. The fraction of sp³-hybridized carbons (Fsp3) is 0.520. The summed E-state index contributed by atoms with van der Waals surface area (Å²) in [7, 11) is -4.25. The van der Waals surface area contributed by atoms with E-state index in [9.17, 15) is 13.5 Å². The van der Waals surface area contributed by atoms with Crippen molar-refractivity contribution in [2.75, 3.05) is 0 Å². The zero-order valence-electron chi connectivity index (χ0n) is 19.5. The Morgan fingerprint density at radius 2 is 1.34 bits per heavy atom. The Labute approximate surface area is 215 Å². The van der Waals surface area contributed by atoms with Crippen LogP contribution in [0.4, 0.5) is 0 Å². The first-order chi connectivity index (χ1) is 14.9. The van der Waals surface area contributed by atoms with Crippen molar-refractivity contribution in [3.05, 3.63) is 48.0 Å². The summed E-state index contributed by atoms with van der Waals surface area (Å²) >= 11 is 0. The fourth-order valence-electron chi connectivity index (χ4n) is 3.59. The molecule has 0 saturated carbocycles. The van der Waals surface area contributed by atoms with Crippen molar-refractivity contribution >= 4 is 10.1 Å². The fourth-order valence-corrected chi connectivity index (χ4v) is 4.07. The number of unbranched alkanes of at least 4 members (excludes halogenated alkanes) is 10. The van der Waals surface area contributed by atoms with E-state index in [1.165, 1.54) is 88.5 Å². The third-order valence-corrected chi connectivity index (χ3v) is 6.29. The van der Waals surface area contributed by atoms with Crippen LogP contribution in [0.2, 0.25) is 0 Å². The van der Waals surface area contributed by atoms with Gasteiger partial charge in [0.2, 0.25) is 0 Å². The molecule has 1 N–H and O–H groups in total. The summed E-state index contributed by atoms with van der Waals surface area (Å²) < 4.78 is 36.7. The number of rotatable bonds is 15. The van der Waals surface area contributed by atoms with Gasteiger partial charge in [0.15, 0.2) is 0 Å². The molecule has 0 saturated heterocycles. The molecule has 5 nitrogen and oxygen atoms in total. The molecule has 172 valence electrons. The van der Waals surface area contributed by atoms with E-state index < -0.39 is 10.1 Å². The predicted octanol–water partition coefficient (Wildman–Crippen LogP) is 3.66. The largest absolute Gasteiger partial charge is 1.00 e. The van der Waals surface area contributed by atoms with Gasteiger partial charge in [-0.2, -0.15) is 8.42 Å². The molecule has 0 radical (unpaired) electrons. The topological polar surface area (TPSA) is 86.7 Å². The SMILES string of the molecule is CCCCCCCCCCCCCc1ccc(Oc2ccc(S(=O)(=O)O)cc2)c([O-])c1.[Na+]. The smallest absolute Gasteiger partial charge is 0.870 e. The maximum absolute atomic E-state index is 12.3. The Kier molecular flexibility index (Phi) is 14.2. The van der Waals surface area contributed by atoms with Crippen molar-refractivity contribution < 1.29 is 52.4 Å². The number of aryl methyl sites for hydroxylation is 1. The van der Waals surface area contributed by atoms with Gasteiger partial charge in [-0.1, -0.05) is 89.0 Å². The van der Waals surface area contributed by atoms with Crippen molar-refractivity contribution in [2.24, 2.45) is 0 Å². The molecule has 7 heteroatoms. The maximum Gasteiger partial charge on any atom is 1.00 e. The first kappa shape index (κ1) is 29.0. The molecule has 0 heterocycles. The Morgan fingerprint density at radius 3 is 1.84 bits per heavy atom. The Balaban J connectivity index is 0.00000512. The van der Waals surface area contributed by atoms with E-state index in [2.05, 4.69) is 6.92 Å². The number of hydrogen-bond acceptors (Lipinski definition) is 4. The summed E-state index contributed by atoms with van der Waals surface area (Å²) in [5.41, 5.74) is 1.01. The van der Waals surface area contributed by atoms with Gasteiger partial charge in [0.05, 0.1) is 4.90 Å². The van der Waals surface area contributed by atoms with Crippen LogP contribution in [0.15, 0.2) is 47.4 Å². The van der Waals surface area contributed by atoms with Crippen molar-refractivity contribution in [1.82, 2.24) is 0 Å². The van der Waals surface area contributed by atoms with Gasteiger partial charge < -0.3 is 9.84 Å². The van der Waals surface area contributed by atoms with E-state index in [4.69, 9.17) is 9.29 Å². The van der Waals surface area contributed by atoms with Crippen LogP contribution >= 0.6 is 0 Å². The minimum absolute atomic E-state index is 0. The minimum Gasteiger partial charge on any atom is -0.870 e. The van der Waals surface area contributed by atoms with Gasteiger partial charge in [-0.05, 0) is 48.7 Å². The summed E-state index contributed by atoms with van der Waals surface area (Å²) in [6.45, 7) is 2.25. The van der Waals surface area contributed by atoms with Gasteiger partial charge in [-0.3, -0.25) is 4.55 Å². The standard InChI is InChI=1S/C25H36O5S.Na/c1-2-3-4-5-6-7-8-9-10-11-12-13-21-14-19-25(24(26)20-21)30-22-15-17-23(18-16-22)31(27,28)29;/h14-20,26H,2-13H2,1H3,(H,27,28,29);/q;+1/p-1. The summed E-state index contributed by atoms with van der Waals surface area (Å²) in [6, 6.07) is 10.4. The minimum atomic E-state index is -4.25. The normalized spacial score (nSPS) is 11.2. The zero-order chi connectivity index (χ0) is 22.5. The molecule has 0 amide bonds. The van der Waals surface area contributed by atoms with Gasteiger partial charge >= 0.3 is 29.6 Å². The molecule has 0 unspecified atom stereocenters. The van der Waals surface area contributed by atoms with Crippen LogP contribution < -0.4 is 39.4 Å². The first-order valence-corrected chi connectivity index (χ1v) is 12.9. The third kappa shape index (κ3) is 11.2. The molecule has 2 rings (SSSR count). The van der Waals surface area contributed by atoms with Gasteiger partial charge in [0, 0.05) is 0 Å². The quantitative estimate of drug-likeness (QED) is 0.244. The molecule has 0 bridgehead atoms. The monoisotopic (exact) mass is 470 g/mol. The first-order valence-electron chi connectivity index (χ1n) is 11.5. The van der Waals surface area contributed by atoms with Crippen LogP contribution in [-0.4, -0.2) is 13.0 Å². The van der Waals surface area contributed by atoms with E-state index in [-0.39, 0.29) is 46.0 Å². The van der Waals surface area contributed by atoms with E-state index in [1.54, 1.807) is 12.1 Å². The summed E-state index contributed by atoms with van der Waals surface area (Å²) in [5, 5.41) is 12.3. The molecule has 0 aliphatic heterocycles. The van der Waals surface area contributed by atoms with E-state index in [1.807, 2.05) is 6.07 Å². The van der Waals surface area contributed by atoms with E-state index in [0.29, 0.717) is 5.75 Å². The van der Waals surface area contributed by atoms with Gasteiger partial charge in [0.25, 0.3) is 10.1 Å². The zero-order valence-corrected chi connectivity index (χ0v) is 22.3. The van der Waals surface area contributed by atoms with Gasteiger partial charge in [-0.15, -0.1) is 0 Å². The van der Waals surface area contributed by atoms with E-state index >= 15 is 0 Å². The second-order valence-corrected chi connectivity index (χ2v) is 9.54. The second kappa shape index (κ2) is 15.7. The molecular weight excluding hydrogens is 435 g/mol. The Bertz CT molecular complexity index is 882. The van der Waals surface area contributed by atoms with Crippen LogP contribution in [0, 0.1) is 0 Å². The molecule has 0 spiro atoms. The molecule has 2 aromatic carbocycles. The second-order valence-electron chi connectivity index (χ2n) is 8.12. The number of benzene rings is 2. The van der Waals surface area contributed by atoms with Crippen LogP contribution in [0.25, 0.3) is 0 Å².